The van der Waals surface area contributed by atoms with Crippen LogP contribution in [-0.4, -0.2) is 23.5 Å². The Morgan fingerprint density at radius 1 is 0.447 bits per heavy atom. The van der Waals surface area contributed by atoms with Gasteiger partial charge in [-0.25, -0.2) is 0 Å². The monoisotopic (exact) mass is 506 g/mol. The Morgan fingerprint density at radius 3 is 0.974 bits per heavy atom. The van der Waals surface area contributed by atoms with E-state index in [0.717, 1.165) is 22.3 Å². The first-order valence-corrected chi connectivity index (χ1v) is 12.1. The zero-order chi connectivity index (χ0) is 27.1. The molecule has 0 atom stereocenters. The lowest BCUT2D eigenvalue weighted by Gasteiger charge is -2.08. The van der Waals surface area contributed by atoms with E-state index in [-0.39, 0.29) is 24.4 Å². The molecule has 0 unspecified atom stereocenters. The van der Waals surface area contributed by atoms with Crippen molar-refractivity contribution in [3.8, 4) is 33.8 Å². The molecular weight excluding hydrogens is 480 g/mol. The van der Waals surface area contributed by atoms with Gasteiger partial charge in [0.05, 0.1) is 12.8 Å². The Bertz CT molecular complexity index is 1330. The highest BCUT2D eigenvalue weighted by Gasteiger charge is 2.12. The predicted molar refractivity (Wildman–Crippen MR) is 144 cm³/mol. The second kappa shape index (κ2) is 11.9. The summed E-state index contributed by atoms with van der Waals surface area (Å²) >= 11 is 0. The van der Waals surface area contributed by atoms with Crippen LogP contribution >= 0.6 is 0 Å². The molecule has 0 spiro atoms. The summed E-state index contributed by atoms with van der Waals surface area (Å²) in [7, 11) is 0. The molecule has 0 aromatic heterocycles. The summed E-state index contributed by atoms with van der Waals surface area (Å²) in [5.41, 5.74) is 5.01. The van der Waals surface area contributed by atoms with Crippen LogP contribution in [0, 0.1) is 0 Å². The molecule has 0 heterocycles. The third-order valence-corrected chi connectivity index (χ3v) is 5.95. The summed E-state index contributed by atoms with van der Waals surface area (Å²) in [5.74, 6) is -0.308. The fourth-order valence-corrected chi connectivity index (χ4v) is 3.79. The normalized spacial score (nSPS) is 10.5. The largest absolute Gasteiger partial charge is 0.427 e. The van der Waals surface area contributed by atoms with Gasteiger partial charge in [-0.3, -0.25) is 19.2 Å². The van der Waals surface area contributed by atoms with E-state index in [1.54, 1.807) is 48.5 Å². The smallest absolute Gasteiger partial charge is 0.311 e. The Hall–Kier alpha value is -4.84. The number of benzene rings is 4. The van der Waals surface area contributed by atoms with Crippen molar-refractivity contribution >= 4 is 23.5 Å². The van der Waals surface area contributed by atoms with Crippen LogP contribution in [0.4, 0.5) is 0 Å². The van der Waals surface area contributed by atoms with Crippen molar-refractivity contribution in [2.24, 2.45) is 0 Å². The highest BCUT2D eigenvalue weighted by atomic mass is 16.5. The standard InChI is InChI=1S/C32H26O6/c1-21(33)23-3-7-25(8-4-23)27-11-15-29(16-12-27)37-31(35)19-20-32(36)38-30-17-13-28(14-18-30)26-9-5-24(6-10-26)22(2)34/h3-18H,19-20H2,1-2H3. The van der Waals surface area contributed by atoms with Crippen molar-refractivity contribution < 1.29 is 28.7 Å². The molecule has 0 amide bonds. The first-order valence-electron chi connectivity index (χ1n) is 12.1. The van der Waals surface area contributed by atoms with Crippen LogP contribution in [0.15, 0.2) is 97.1 Å². The van der Waals surface area contributed by atoms with Gasteiger partial charge in [0.15, 0.2) is 11.6 Å². The van der Waals surface area contributed by atoms with Crippen molar-refractivity contribution in [3.63, 3.8) is 0 Å². The number of Topliss-reactive ketones (excluding diaryl/α,β-unsaturated/α-hetero) is 2. The van der Waals surface area contributed by atoms with E-state index in [1.807, 2.05) is 48.5 Å². The Labute approximate surface area is 220 Å². The van der Waals surface area contributed by atoms with Crippen LogP contribution in [-0.2, 0) is 9.59 Å². The molecule has 0 N–H and O–H groups in total. The maximum absolute atomic E-state index is 12.2. The lowest BCUT2D eigenvalue weighted by molar-refractivity contribution is -0.140. The summed E-state index contributed by atoms with van der Waals surface area (Å²) in [4.78, 5) is 47.3. The zero-order valence-corrected chi connectivity index (χ0v) is 21.1. The van der Waals surface area contributed by atoms with Crippen molar-refractivity contribution in [3.05, 3.63) is 108 Å². The molecule has 0 saturated heterocycles. The van der Waals surface area contributed by atoms with E-state index in [2.05, 4.69) is 0 Å². The fraction of sp³-hybridized carbons (Fsp3) is 0.125. The summed E-state index contributed by atoms with van der Waals surface area (Å²) in [6.45, 7) is 3.05. The van der Waals surface area contributed by atoms with Crippen LogP contribution in [0.2, 0.25) is 0 Å². The van der Waals surface area contributed by atoms with E-state index >= 15 is 0 Å². The number of esters is 2. The van der Waals surface area contributed by atoms with Crippen LogP contribution < -0.4 is 9.47 Å². The third-order valence-electron chi connectivity index (χ3n) is 5.95. The second-order valence-electron chi connectivity index (χ2n) is 8.76. The van der Waals surface area contributed by atoms with Gasteiger partial charge in [0.2, 0.25) is 0 Å². The Balaban J connectivity index is 1.25. The number of hydrogen-bond acceptors (Lipinski definition) is 6. The molecule has 0 radical (unpaired) electrons. The van der Waals surface area contributed by atoms with Gasteiger partial charge in [-0.1, -0.05) is 72.8 Å². The van der Waals surface area contributed by atoms with Crippen LogP contribution in [0.5, 0.6) is 11.5 Å². The lowest BCUT2D eigenvalue weighted by Crippen LogP contribution is -2.14. The number of rotatable bonds is 9. The van der Waals surface area contributed by atoms with Gasteiger partial charge in [0.25, 0.3) is 0 Å². The van der Waals surface area contributed by atoms with Gasteiger partial charge < -0.3 is 9.47 Å². The van der Waals surface area contributed by atoms with Crippen LogP contribution in [0.3, 0.4) is 0 Å². The number of hydrogen-bond donors (Lipinski definition) is 0. The maximum Gasteiger partial charge on any atom is 0.311 e. The average molecular weight is 507 g/mol. The first kappa shape index (κ1) is 26.2. The molecule has 6 heteroatoms. The predicted octanol–water partition coefficient (Wildman–Crippen LogP) is 6.72. The molecule has 0 aliphatic rings. The molecule has 4 aromatic carbocycles. The number of ketones is 2. The summed E-state index contributed by atoms with van der Waals surface area (Å²) < 4.78 is 10.7. The third kappa shape index (κ3) is 6.89. The SMILES string of the molecule is CC(=O)c1ccc(-c2ccc(OC(=O)CCC(=O)Oc3ccc(-c4ccc(C(C)=O)cc4)cc3)cc2)cc1. The minimum Gasteiger partial charge on any atom is -0.427 e. The highest BCUT2D eigenvalue weighted by molar-refractivity contribution is 5.95. The van der Waals surface area contributed by atoms with E-state index < -0.39 is 11.9 Å². The molecule has 0 aliphatic heterocycles. The molecule has 0 aliphatic carbocycles. The summed E-state index contributed by atoms with van der Waals surface area (Å²) in [6, 6.07) is 28.6. The van der Waals surface area contributed by atoms with Gasteiger partial charge in [-0.2, -0.15) is 0 Å². The first-order chi connectivity index (χ1) is 18.3. The molecule has 190 valence electrons. The van der Waals surface area contributed by atoms with E-state index in [9.17, 15) is 19.2 Å². The van der Waals surface area contributed by atoms with Crippen molar-refractivity contribution in [1.82, 2.24) is 0 Å². The quantitative estimate of drug-likeness (QED) is 0.142. The van der Waals surface area contributed by atoms with E-state index in [0.29, 0.717) is 22.6 Å². The zero-order valence-electron chi connectivity index (χ0n) is 21.1. The van der Waals surface area contributed by atoms with E-state index in [4.69, 9.17) is 9.47 Å². The molecule has 0 saturated carbocycles. The molecule has 38 heavy (non-hydrogen) atoms. The van der Waals surface area contributed by atoms with Crippen molar-refractivity contribution in [2.45, 2.75) is 26.7 Å². The molecule has 4 rings (SSSR count). The fourth-order valence-electron chi connectivity index (χ4n) is 3.79. The lowest BCUT2D eigenvalue weighted by atomic mass is 10.0. The van der Waals surface area contributed by atoms with Gasteiger partial charge in [0, 0.05) is 11.1 Å². The number of carbonyl (C=O) groups excluding carboxylic acids is 4. The maximum atomic E-state index is 12.2. The Kier molecular flexibility index (Phi) is 8.23. The highest BCUT2D eigenvalue weighted by Crippen LogP contribution is 2.25. The summed E-state index contributed by atoms with van der Waals surface area (Å²) in [5, 5.41) is 0. The molecule has 4 aromatic rings. The molecule has 0 bridgehead atoms. The number of carbonyl (C=O) groups is 4. The van der Waals surface area contributed by atoms with Gasteiger partial charge >= 0.3 is 11.9 Å². The van der Waals surface area contributed by atoms with Gasteiger partial charge in [-0.15, -0.1) is 0 Å². The topological polar surface area (TPSA) is 86.7 Å². The molecule has 6 nitrogen and oxygen atoms in total. The molecule has 0 fully saturated rings. The van der Waals surface area contributed by atoms with Crippen molar-refractivity contribution in [2.75, 3.05) is 0 Å². The minimum atomic E-state index is -0.537. The minimum absolute atomic E-state index is 0.00884. The number of ether oxygens (including phenoxy) is 2. The summed E-state index contributed by atoms with van der Waals surface area (Å²) in [6.07, 6.45) is -0.235. The second-order valence-corrected chi connectivity index (χ2v) is 8.76. The van der Waals surface area contributed by atoms with Crippen LogP contribution in [0.1, 0.15) is 47.4 Å². The molecular formula is C32H26O6. The average Bonchev–Trinajstić information content (AvgIpc) is 2.93. The van der Waals surface area contributed by atoms with E-state index in [1.165, 1.54) is 13.8 Å². The van der Waals surface area contributed by atoms with Crippen LogP contribution in [0.25, 0.3) is 22.3 Å². The Morgan fingerprint density at radius 2 is 0.711 bits per heavy atom. The van der Waals surface area contributed by atoms with Gasteiger partial charge in [0.1, 0.15) is 11.5 Å². The van der Waals surface area contributed by atoms with Crippen molar-refractivity contribution in [1.29, 1.82) is 0 Å². The van der Waals surface area contributed by atoms with Gasteiger partial charge in [-0.05, 0) is 60.4 Å².